The predicted octanol–water partition coefficient (Wildman–Crippen LogP) is 1.82. The maximum atomic E-state index is 13.7. The number of alkyl carbamates (subject to hydrolysis) is 1. The molecule has 0 saturated carbocycles. The molecule has 18 heavy (non-hydrogen) atoms. The highest BCUT2D eigenvalue weighted by molar-refractivity contribution is 5.70. The highest BCUT2D eigenvalue weighted by atomic mass is 19.3. The van der Waals surface area contributed by atoms with Crippen LogP contribution in [0.3, 0.4) is 0 Å². The van der Waals surface area contributed by atoms with Crippen LogP contribution in [0.5, 0.6) is 11.5 Å². The lowest BCUT2D eigenvalue weighted by molar-refractivity contribution is -0.105. The lowest BCUT2D eigenvalue weighted by Gasteiger charge is -2.32. The number of carbonyl (C=O) groups is 1. The SMILES string of the molecule is COc1cccc(O)c1[C@@H]1NC(=O)OCC1(F)F. The Kier molecular flexibility index (Phi) is 2.98. The van der Waals surface area contributed by atoms with Crippen molar-refractivity contribution in [1.82, 2.24) is 5.32 Å². The Morgan fingerprint density at radius 3 is 2.94 bits per heavy atom. The molecule has 0 unspecified atom stereocenters. The third-order valence-corrected chi connectivity index (χ3v) is 2.63. The number of ether oxygens (including phenoxy) is 2. The van der Waals surface area contributed by atoms with Crippen molar-refractivity contribution in [1.29, 1.82) is 0 Å². The van der Waals surface area contributed by atoms with E-state index in [2.05, 4.69) is 4.74 Å². The maximum Gasteiger partial charge on any atom is 0.408 e. The van der Waals surface area contributed by atoms with Crippen LogP contribution in [0.2, 0.25) is 0 Å². The van der Waals surface area contributed by atoms with Crippen LogP contribution >= 0.6 is 0 Å². The Hall–Kier alpha value is -2.05. The monoisotopic (exact) mass is 259 g/mol. The summed E-state index contributed by atoms with van der Waals surface area (Å²) in [5.74, 6) is -3.64. The number of cyclic esters (lactones) is 1. The molecule has 1 aromatic rings. The van der Waals surface area contributed by atoms with E-state index in [1.807, 2.05) is 5.32 Å². The van der Waals surface area contributed by atoms with Crippen LogP contribution in [0, 0.1) is 0 Å². The van der Waals surface area contributed by atoms with Gasteiger partial charge in [0.25, 0.3) is 0 Å². The van der Waals surface area contributed by atoms with Gasteiger partial charge in [0.1, 0.15) is 17.5 Å². The van der Waals surface area contributed by atoms with Crippen molar-refractivity contribution in [3.8, 4) is 11.5 Å². The summed E-state index contributed by atoms with van der Waals surface area (Å²) in [5, 5.41) is 11.7. The van der Waals surface area contributed by atoms with Crippen LogP contribution in [0.1, 0.15) is 11.6 Å². The zero-order valence-corrected chi connectivity index (χ0v) is 9.44. The average molecular weight is 259 g/mol. The second-order valence-corrected chi connectivity index (χ2v) is 3.81. The van der Waals surface area contributed by atoms with Gasteiger partial charge in [0.2, 0.25) is 0 Å². The molecule has 0 aromatic heterocycles. The maximum absolute atomic E-state index is 13.7. The van der Waals surface area contributed by atoms with Crippen LogP contribution in [0.25, 0.3) is 0 Å². The van der Waals surface area contributed by atoms with Gasteiger partial charge in [0.15, 0.2) is 6.61 Å². The molecule has 1 amide bonds. The van der Waals surface area contributed by atoms with Gasteiger partial charge < -0.3 is 19.9 Å². The van der Waals surface area contributed by atoms with Gasteiger partial charge in [-0.05, 0) is 12.1 Å². The van der Waals surface area contributed by atoms with Gasteiger partial charge in [-0.1, -0.05) is 6.07 Å². The third kappa shape index (κ3) is 2.03. The van der Waals surface area contributed by atoms with Crippen molar-refractivity contribution in [3.05, 3.63) is 23.8 Å². The lowest BCUT2D eigenvalue weighted by atomic mass is 9.98. The molecule has 1 saturated heterocycles. The zero-order valence-electron chi connectivity index (χ0n) is 9.44. The molecule has 1 aliphatic heterocycles. The number of methoxy groups -OCH3 is 1. The van der Waals surface area contributed by atoms with Crippen LogP contribution in [-0.2, 0) is 4.74 Å². The molecule has 2 rings (SSSR count). The lowest BCUT2D eigenvalue weighted by Crippen LogP contribution is -2.49. The van der Waals surface area contributed by atoms with E-state index in [0.717, 1.165) is 0 Å². The van der Waals surface area contributed by atoms with Gasteiger partial charge in [-0.15, -0.1) is 0 Å². The molecule has 7 heteroatoms. The summed E-state index contributed by atoms with van der Waals surface area (Å²) in [4.78, 5) is 11.1. The summed E-state index contributed by atoms with van der Waals surface area (Å²) < 4.78 is 36.6. The Morgan fingerprint density at radius 1 is 1.56 bits per heavy atom. The van der Waals surface area contributed by atoms with E-state index < -0.39 is 24.7 Å². The van der Waals surface area contributed by atoms with E-state index in [4.69, 9.17) is 4.74 Å². The van der Waals surface area contributed by atoms with Gasteiger partial charge in [0.05, 0.1) is 12.7 Å². The van der Waals surface area contributed by atoms with Gasteiger partial charge in [-0.2, -0.15) is 0 Å². The van der Waals surface area contributed by atoms with Crippen molar-refractivity contribution in [3.63, 3.8) is 0 Å². The number of nitrogens with one attached hydrogen (secondary N) is 1. The van der Waals surface area contributed by atoms with Crippen molar-refractivity contribution >= 4 is 6.09 Å². The Bertz CT molecular complexity index is 478. The minimum atomic E-state index is -3.33. The molecule has 1 heterocycles. The number of alkyl halides is 2. The predicted molar refractivity (Wildman–Crippen MR) is 56.8 cm³/mol. The standard InChI is InChI=1S/C11H11F2NO4/c1-17-7-4-2-3-6(15)8(7)9-11(12,13)5-18-10(16)14-9/h2-4,9,15H,5H2,1H3,(H,14,16)/t9-/m0/s1. The fourth-order valence-corrected chi connectivity index (χ4v) is 1.79. The fourth-order valence-electron chi connectivity index (χ4n) is 1.79. The molecule has 5 nitrogen and oxygen atoms in total. The summed E-state index contributed by atoms with van der Waals surface area (Å²) in [6, 6.07) is 2.44. The number of halogens is 2. The summed E-state index contributed by atoms with van der Waals surface area (Å²) in [7, 11) is 1.29. The first-order valence-electron chi connectivity index (χ1n) is 5.12. The van der Waals surface area contributed by atoms with E-state index in [1.54, 1.807) is 0 Å². The van der Waals surface area contributed by atoms with Gasteiger partial charge >= 0.3 is 12.0 Å². The highest BCUT2D eigenvalue weighted by Crippen LogP contribution is 2.42. The molecule has 1 fully saturated rings. The molecule has 0 spiro atoms. The number of hydrogen-bond acceptors (Lipinski definition) is 4. The molecule has 0 aliphatic carbocycles. The van der Waals surface area contributed by atoms with Crippen molar-refractivity contribution < 1.29 is 28.2 Å². The first kappa shape index (κ1) is 12.4. The molecule has 1 aliphatic rings. The summed E-state index contributed by atoms with van der Waals surface area (Å²) >= 11 is 0. The number of amides is 1. The smallest absolute Gasteiger partial charge is 0.408 e. The first-order chi connectivity index (χ1) is 8.45. The van der Waals surface area contributed by atoms with E-state index in [-0.39, 0.29) is 17.1 Å². The Morgan fingerprint density at radius 2 is 2.28 bits per heavy atom. The van der Waals surface area contributed by atoms with Crippen molar-refractivity contribution in [2.75, 3.05) is 13.7 Å². The third-order valence-electron chi connectivity index (χ3n) is 2.63. The van der Waals surface area contributed by atoms with Crippen LogP contribution < -0.4 is 10.1 Å². The number of benzene rings is 1. The number of phenols is 1. The number of hydrogen-bond donors (Lipinski definition) is 2. The quantitative estimate of drug-likeness (QED) is 0.850. The molecule has 2 N–H and O–H groups in total. The normalized spacial score (nSPS) is 21.9. The largest absolute Gasteiger partial charge is 0.507 e. The molecular weight excluding hydrogens is 248 g/mol. The average Bonchev–Trinajstić information content (AvgIpc) is 2.32. The Labute approximate surface area is 101 Å². The van der Waals surface area contributed by atoms with E-state index in [1.165, 1.54) is 25.3 Å². The van der Waals surface area contributed by atoms with Gasteiger partial charge in [-0.25, -0.2) is 13.6 Å². The molecule has 98 valence electrons. The minimum absolute atomic E-state index is 0.0712. The Balaban J connectivity index is 2.49. The second kappa shape index (κ2) is 4.32. The number of phenolic OH excluding ortho intramolecular Hbond substituents is 1. The van der Waals surface area contributed by atoms with Crippen molar-refractivity contribution in [2.45, 2.75) is 12.0 Å². The van der Waals surface area contributed by atoms with E-state index >= 15 is 0 Å². The molecule has 1 aromatic carbocycles. The van der Waals surface area contributed by atoms with Crippen molar-refractivity contribution in [2.24, 2.45) is 0 Å². The summed E-state index contributed by atoms with van der Waals surface area (Å²) in [6.45, 7) is -1.04. The zero-order chi connectivity index (χ0) is 13.3. The first-order valence-corrected chi connectivity index (χ1v) is 5.12. The summed E-state index contributed by atoms with van der Waals surface area (Å²) in [6.07, 6.45) is -0.962. The van der Waals surface area contributed by atoms with Gasteiger partial charge in [0, 0.05) is 0 Å². The van der Waals surface area contributed by atoms with E-state index in [0.29, 0.717) is 0 Å². The molecule has 0 radical (unpaired) electrons. The van der Waals surface area contributed by atoms with Crippen LogP contribution in [0.4, 0.5) is 13.6 Å². The molecule has 1 atom stereocenters. The van der Waals surface area contributed by atoms with Crippen LogP contribution in [-0.4, -0.2) is 30.8 Å². The highest BCUT2D eigenvalue weighted by Gasteiger charge is 2.49. The second-order valence-electron chi connectivity index (χ2n) is 3.81. The van der Waals surface area contributed by atoms with Gasteiger partial charge in [-0.3, -0.25) is 0 Å². The number of rotatable bonds is 2. The number of carbonyl (C=O) groups excluding carboxylic acids is 1. The number of aromatic hydroxyl groups is 1. The fraction of sp³-hybridized carbons (Fsp3) is 0.364. The molecule has 0 bridgehead atoms. The topological polar surface area (TPSA) is 67.8 Å². The van der Waals surface area contributed by atoms with Crippen LogP contribution in [0.15, 0.2) is 18.2 Å². The molecular formula is C11H11F2NO4. The summed E-state index contributed by atoms with van der Waals surface area (Å²) in [5.41, 5.74) is -0.165. The minimum Gasteiger partial charge on any atom is -0.507 e. The van der Waals surface area contributed by atoms with E-state index in [9.17, 15) is 18.7 Å².